The van der Waals surface area contributed by atoms with Crippen LogP contribution in [-0.2, 0) is 13.2 Å². The van der Waals surface area contributed by atoms with Gasteiger partial charge in [-0.25, -0.2) is 4.39 Å². The predicted octanol–water partition coefficient (Wildman–Crippen LogP) is 3.90. The van der Waals surface area contributed by atoms with Gasteiger partial charge in [-0.15, -0.1) is 0 Å². The third-order valence-electron chi connectivity index (χ3n) is 3.15. The minimum atomic E-state index is -0.545. The summed E-state index contributed by atoms with van der Waals surface area (Å²) in [6.45, 7) is 0.900. The molecule has 2 aromatic rings. The molecule has 0 aliphatic heterocycles. The molecule has 0 bridgehead atoms. The number of halogens is 2. The average molecular weight is 296 g/mol. The van der Waals surface area contributed by atoms with Crippen molar-refractivity contribution in [2.45, 2.75) is 32.0 Å². The van der Waals surface area contributed by atoms with Crippen molar-refractivity contribution >= 4 is 11.6 Å². The van der Waals surface area contributed by atoms with Crippen LogP contribution >= 0.6 is 11.6 Å². The third kappa shape index (κ3) is 3.32. The minimum absolute atomic E-state index is 0.0521. The summed E-state index contributed by atoms with van der Waals surface area (Å²) in [6.07, 6.45) is 2.48. The highest BCUT2D eigenvalue weighted by atomic mass is 35.5. The molecule has 0 unspecified atom stereocenters. The number of rotatable bonds is 6. The van der Waals surface area contributed by atoms with E-state index in [2.05, 4.69) is 5.32 Å². The van der Waals surface area contributed by atoms with E-state index in [1.165, 1.54) is 18.9 Å². The van der Waals surface area contributed by atoms with Gasteiger partial charge in [0.15, 0.2) is 11.6 Å². The molecular weight excluding hydrogens is 281 g/mol. The molecule has 20 heavy (non-hydrogen) atoms. The second kappa shape index (κ2) is 5.85. The number of hydrogen-bond donors (Lipinski definition) is 1. The second-order valence-electron chi connectivity index (χ2n) is 4.86. The molecule has 0 saturated heterocycles. The topological polar surface area (TPSA) is 34.4 Å². The molecule has 5 heteroatoms. The smallest absolute Gasteiger partial charge is 0.183 e. The van der Waals surface area contributed by atoms with Crippen LogP contribution in [0.15, 0.2) is 34.7 Å². The lowest BCUT2D eigenvalue weighted by Gasteiger charge is -2.06. The number of nitrogens with one attached hydrogen (secondary N) is 1. The Kier molecular flexibility index (Phi) is 3.94. The first-order chi connectivity index (χ1) is 9.72. The summed E-state index contributed by atoms with van der Waals surface area (Å²) in [6, 6.07) is 9.06. The van der Waals surface area contributed by atoms with Crippen molar-refractivity contribution in [1.29, 1.82) is 0 Å². The van der Waals surface area contributed by atoms with Crippen molar-refractivity contribution in [1.82, 2.24) is 5.32 Å². The van der Waals surface area contributed by atoms with E-state index in [-0.39, 0.29) is 17.4 Å². The number of benzene rings is 1. The molecular formula is C15H15ClFNO2. The monoisotopic (exact) mass is 295 g/mol. The Hall–Kier alpha value is -1.52. The van der Waals surface area contributed by atoms with Gasteiger partial charge in [-0.2, -0.15) is 0 Å². The lowest BCUT2D eigenvalue weighted by atomic mass is 10.3. The molecule has 0 spiro atoms. The summed E-state index contributed by atoms with van der Waals surface area (Å²) in [7, 11) is 0. The van der Waals surface area contributed by atoms with E-state index in [1.54, 1.807) is 12.1 Å². The van der Waals surface area contributed by atoms with Crippen LogP contribution in [0.4, 0.5) is 4.39 Å². The number of ether oxygens (including phenoxy) is 1. The maximum absolute atomic E-state index is 13.6. The second-order valence-corrected chi connectivity index (χ2v) is 5.27. The Morgan fingerprint density at radius 1 is 1.25 bits per heavy atom. The lowest BCUT2D eigenvalue weighted by Crippen LogP contribution is -2.14. The van der Waals surface area contributed by atoms with Gasteiger partial charge in [0.1, 0.15) is 18.1 Å². The molecule has 1 N–H and O–H groups in total. The highest BCUT2D eigenvalue weighted by Crippen LogP contribution is 2.25. The van der Waals surface area contributed by atoms with Gasteiger partial charge in [0.05, 0.1) is 11.6 Å². The predicted molar refractivity (Wildman–Crippen MR) is 74.3 cm³/mol. The molecule has 1 heterocycles. The molecule has 1 aromatic heterocycles. The van der Waals surface area contributed by atoms with Gasteiger partial charge in [0.25, 0.3) is 0 Å². The average Bonchev–Trinajstić information content (AvgIpc) is 3.17. The van der Waals surface area contributed by atoms with Crippen molar-refractivity contribution in [2.24, 2.45) is 0 Å². The molecule has 3 rings (SSSR count). The fraction of sp³-hybridized carbons (Fsp3) is 0.333. The van der Waals surface area contributed by atoms with Gasteiger partial charge >= 0.3 is 0 Å². The van der Waals surface area contributed by atoms with Gasteiger partial charge in [-0.3, -0.25) is 0 Å². The Bertz CT molecular complexity index is 595. The summed E-state index contributed by atoms with van der Waals surface area (Å²) in [5.74, 6) is 1.11. The first-order valence-electron chi connectivity index (χ1n) is 6.60. The van der Waals surface area contributed by atoms with E-state index in [4.69, 9.17) is 20.8 Å². The third-order valence-corrected chi connectivity index (χ3v) is 3.44. The van der Waals surface area contributed by atoms with Crippen LogP contribution in [-0.4, -0.2) is 6.04 Å². The van der Waals surface area contributed by atoms with Crippen LogP contribution in [0.3, 0.4) is 0 Å². The molecule has 1 saturated carbocycles. The highest BCUT2D eigenvalue weighted by Gasteiger charge is 2.20. The first-order valence-corrected chi connectivity index (χ1v) is 6.98. The normalized spacial score (nSPS) is 14.5. The summed E-state index contributed by atoms with van der Waals surface area (Å²) >= 11 is 5.69. The largest absolute Gasteiger partial charge is 0.483 e. The molecule has 1 aliphatic rings. The van der Waals surface area contributed by atoms with Crippen LogP contribution in [0, 0.1) is 5.82 Å². The number of furan rings is 1. The van der Waals surface area contributed by atoms with Crippen LogP contribution in [0.2, 0.25) is 5.02 Å². The zero-order valence-corrected chi connectivity index (χ0v) is 11.6. The Morgan fingerprint density at radius 3 is 2.85 bits per heavy atom. The maximum atomic E-state index is 13.6. The molecule has 1 aromatic carbocycles. The van der Waals surface area contributed by atoms with Gasteiger partial charge < -0.3 is 14.5 Å². The molecule has 3 nitrogen and oxygen atoms in total. The highest BCUT2D eigenvalue weighted by molar-refractivity contribution is 6.30. The zero-order chi connectivity index (χ0) is 13.9. The van der Waals surface area contributed by atoms with Crippen molar-refractivity contribution in [3.05, 3.63) is 52.7 Å². The van der Waals surface area contributed by atoms with Crippen LogP contribution in [0.5, 0.6) is 5.75 Å². The molecule has 1 aliphatic carbocycles. The Balaban J connectivity index is 1.56. The standard InChI is InChI=1S/C15H15ClFNO2/c16-13-2-1-3-14(15(13)17)19-9-12-7-6-11(20-12)8-18-10-4-5-10/h1-3,6-7,10,18H,4-5,8-9H2. The first kappa shape index (κ1) is 13.5. The van der Waals surface area contributed by atoms with E-state index in [0.717, 1.165) is 12.3 Å². The fourth-order valence-electron chi connectivity index (χ4n) is 1.87. The van der Waals surface area contributed by atoms with Crippen LogP contribution < -0.4 is 10.1 Å². The van der Waals surface area contributed by atoms with Crippen LogP contribution in [0.25, 0.3) is 0 Å². The van der Waals surface area contributed by atoms with E-state index in [1.807, 2.05) is 12.1 Å². The van der Waals surface area contributed by atoms with Crippen molar-refractivity contribution in [3.8, 4) is 5.75 Å². The fourth-order valence-corrected chi connectivity index (χ4v) is 2.04. The molecule has 0 atom stereocenters. The molecule has 0 amide bonds. The molecule has 106 valence electrons. The molecule has 1 fully saturated rings. The van der Waals surface area contributed by atoms with Crippen molar-refractivity contribution in [2.75, 3.05) is 0 Å². The Labute approximate surface area is 121 Å². The van der Waals surface area contributed by atoms with Gasteiger partial charge in [-0.05, 0) is 37.1 Å². The van der Waals surface area contributed by atoms with E-state index in [0.29, 0.717) is 11.8 Å². The summed E-state index contributed by atoms with van der Waals surface area (Å²) in [4.78, 5) is 0. The number of hydrogen-bond acceptors (Lipinski definition) is 3. The zero-order valence-electron chi connectivity index (χ0n) is 10.9. The minimum Gasteiger partial charge on any atom is -0.483 e. The van der Waals surface area contributed by atoms with Gasteiger partial charge in [-0.1, -0.05) is 17.7 Å². The summed E-state index contributed by atoms with van der Waals surface area (Å²) < 4.78 is 24.6. The lowest BCUT2D eigenvalue weighted by molar-refractivity contribution is 0.254. The summed E-state index contributed by atoms with van der Waals surface area (Å²) in [5.41, 5.74) is 0. The molecule has 0 radical (unpaired) electrons. The van der Waals surface area contributed by atoms with Crippen LogP contribution in [0.1, 0.15) is 24.4 Å². The summed E-state index contributed by atoms with van der Waals surface area (Å²) in [5, 5.41) is 3.42. The van der Waals surface area contributed by atoms with Crippen molar-refractivity contribution in [3.63, 3.8) is 0 Å². The SMILES string of the molecule is Fc1c(Cl)cccc1OCc1ccc(CNC2CC2)o1. The van der Waals surface area contributed by atoms with E-state index in [9.17, 15) is 4.39 Å². The van der Waals surface area contributed by atoms with E-state index < -0.39 is 5.82 Å². The van der Waals surface area contributed by atoms with Gasteiger partial charge in [0.2, 0.25) is 0 Å². The maximum Gasteiger partial charge on any atom is 0.183 e. The Morgan fingerprint density at radius 2 is 2.05 bits per heavy atom. The quantitative estimate of drug-likeness (QED) is 0.877. The van der Waals surface area contributed by atoms with E-state index >= 15 is 0 Å². The van der Waals surface area contributed by atoms with Crippen molar-refractivity contribution < 1.29 is 13.5 Å². The van der Waals surface area contributed by atoms with Gasteiger partial charge in [0, 0.05) is 6.04 Å².